The molecule has 0 spiro atoms. The second-order valence-electron chi connectivity index (χ2n) is 7.91. The van der Waals surface area contributed by atoms with Crippen molar-refractivity contribution >= 4 is 23.5 Å². The Kier molecular flexibility index (Phi) is 5.97. The summed E-state index contributed by atoms with van der Waals surface area (Å²) in [5.41, 5.74) is 0. The Morgan fingerprint density at radius 2 is 1.15 bits per heavy atom. The number of hydrogen-bond acceptors (Lipinski definition) is 3. The van der Waals surface area contributed by atoms with E-state index < -0.39 is 0 Å². The SMILES string of the molecule is CC1CC2CC(C)C(CSc3ccccc3)N2C1CSc1ccccc1. The van der Waals surface area contributed by atoms with Crippen molar-refractivity contribution in [3.63, 3.8) is 0 Å². The van der Waals surface area contributed by atoms with Crippen molar-refractivity contribution in [1.82, 2.24) is 4.90 Å². The van der Waals surface area contributed by atoms with E-state index in [-0.39, 0.29) is 0 Å². The van der Waals surface area contributed by atoms with Crippen LogP contribution in [0.3, 0.4) is 0 Å². The molecule has 4 rings (SSSR count). The Labute approximate surface area is 166 Å². The summed E-state index contributed by atoms with van der Waals surface area (Å²) in [6.45, 7) is 4.95. The lowest BCUT2D eigenvalue weighted by Crippen LogP contribution is -2.43. The third-order valence-electron chi connectivity index (χ3n) is 6.12. The van der Waals surface area contributed by atoms with Crippen molar-refractivity contribution in [2.45, 2.75) is 54.6 Å². The molecular formula is C23H29NS2. The van der Waals surface area contributed by atoms with Crippen LogP contribution in [0.5, 0.6) is 0 Å². The summed E-state index contributed by atoms with van der Waals surface area (Å²) in [5, 5.41) is 0. The maximum absolute atomic E-state index is 2.92. The maximum atomic E-state index is 2.92. The Morgan fingerprint density at radius 3 is 1.58 bits per heavy atom. The van der Waals surface area contributed by atoms with Crippen molar-refractivity contribution < 1.29 is 0 Å². The minimum Gasteiger partial charge on any atom is -0.292 e. The molecule has 2 heterocycles. The zero-order valence-corrected chi connectivity index (χ0v) is 17.4. The van der Waals surface area contributed by atoms with E-state index in [1.165, 1.54) is 34.1 Å². The predicted octanol–water partition coefficient (Wildman–Crippen LogP) is 6.06. The van der Waals surface area contributed by atoms with Gasteiger partial charge in [-0.05, 0) is 48.9 Å². The van der Waals surface area contributed by atoms with Gasteiger partial charge in [-0.25, -0.2) is 0 Å². The van der Waals surface area contributed by atoms with Gasteiger partial charge in [0.05, 0.1) is 0 Å². The molecule has 4 unspecified atom stereocenters. The molecule has 0 aliphatic carbocycles. The van der Waals surface area contributed by atoms with E-state index in [2.05, 4.69) is 79.4 Å². The molecule has 2 aliphatic heterocycles. The third-order valence-corrected chi connectivity index (χ3v) is 8.34. The average molecular weight is 384 g/mol. The van der Waals surface area contributed by atoms with Crippen molar-refractivity contribution in [2.24, 2.45) is 11.8 Å². The molecule has 0 bridgehead atoms. The van der Waals surface area contributed by atoms with E-state index in [1.807, 2.05) is 23.5 Å². The fourth-order valence-electron chi connectivity index (χ4n) is 4.78. The molecular weight excluding hydrogens is 354 g/mol. The fraction of sp³-hybridized carbons (Fsp3) is 0.478. The molecule has 2 aromatic rings. The number of thioether (sulfide) groups is 2. The second-order valence-corrected chi connectivity index (χ2v) is 10.1. The van der Waals surface area contributed by atoms with Crippen LogP contribution in [0.15, 0.2) is 70.5 Å². The molecule has 26 heavy (non-hydrogen) atoms. The molecule has 0 amide bonds. The van der Waals surface area contributed by atoms with Crippen LogP contribution in [0.4, 0.5) is 0 Å². The van der Waals surface area contributed by atoms with Crippen LogP contribution in [0.25, 0.3) is 0 Å². The van der Waals surface area contributed by atoms with Gasteiger partial charge in [0.2, 0.25) is 0 Å². The minimum atomic E-state index is 0.719. The van der Waals surface area contributed by atoms with Crippen molar-refractivity contribution in [2.75, 3.05) is 11.5 Å². The van der Waals surface area contributed by atoms with Crippen LogP contribution >= 0.6 is 23.5 Å². The highest BCUT2D eigenvalue weighted by atomic mass is 32.2. The predicted molar refractivity (Wildman–Crippen MR) is 115 cm³/mol. The van der Waals surface area contributed by atoms with Gasteiger partial charge in [0.25, 0.3) is 0 Å². The highest BCUT2D eigenvalue weighted by Gasteiger charge is 2.48. The molecule has 4 atom stereocenters. The Bertz CT molecular complexity index is 630. The molecule has 2 saturated heterocycles. The molecule has 2 fully saturated rings. The highest BCUT2D eigenvalue weighted by Crippen LogP contribution is 2.45. The summed E-state index contributed by atoms with van der Waals surface area (Å²) in [6, 6.07) is 24.1. The van der Waals surface area contributed by atoms with Gasteiger partial charge in [0.1, 0.15) is 0 Å². The van der Waals surface area contributed by atoms with Gasteiger partial charge in [-0.2, -0.15) is 0 Å². The van der Waals surface area contributed by atoms with E-state index in [0.29, 0.717) is 0 Å². The summed E-state index contributed by atoms with van der Waals surface area (Å²) in [4.78, 5) is 5.73. The van der Waals surface area contributed by atoms with Gasteiger partial charge in [0.15, 0.2) is 0 Å². The van der Waals surface area contributed by atoms with Gasteiger partial charge in [-0.1, -0.05) is 50.2 Å². The lowest BCUT2D eigenvalue weighted by molar-refractivity contribution is 0.183. The van der Waals surface area contributed by atoms with Gasteiger partial charge in [0, 0.05) is 39.4 Å². The van der Waals surface area contributed by atoms with Crippen LogP contribution in [0.2, 0.25) is 0 Å². The van der Waals surface area contributed by atoms with E-state index in [4.69, 9.17) is 0 Å². The molecule has 3 heteroatoms. The van der Waals surface area contributed by atoms with Crippen LogP contribution in [-0.4, -0.2) is 34.5 Å². The minimum absolute atomic E-state index is 0.719. The number of rotatable bonds is 6. The van der Waals surface area contributed by atoms with Crippen LogP contribution < -0.4 is 0 Å². The van der Waals surface area contributed by atoms with Crippen molar-refractivity contribution in [1.29, 1.82) is 0 Å². The summed E-state index contributed by atoms with van der Waals surface area (Å²) < 4.78 is 0. The Balaban J connectivity index is 1.43. The van der Waals surface area contributed by atoms with Gasteiger partial charge < -0.3 is 0 Å². The summed E-state index contributed by atoms with van der Waals surface area (Å²) in [7, 11) is 0. The number of nitrogens with zero attached hydrogens (tertiary/aromatic N) is 1. The molecule has 0 aromatic heterocycles. The molecule has 0 N–H and O–H groups in total. The first kappa shape index (κ1) is 18.5. The number of hydrogen-bond donors (Lipinski definition) is 0. The first-order chi connectivity index (χ1) is 12.7. The Hall–Kier alpha value is -0.900. The smallest absolute Gasteiger partial charge is 0.0222 e. The van der Waals surface area contributed by atoms with Crippen molar-refractivity contribution in [3.05, 3.63) is 60.7 Å². The Morgan fingerprint density at radius 1 is 0.731 bits per heavy atom. The first-order valence-corrected chi connectivity index (χ1v) is 11.8. The molecule has 2 aliphatic rings. The van der Waals surface area contributed by atoms with Crippen LogP contribution in [-0.2, 0) is 0 Å². The standard InChI is InChI=1S/C23H29NS2/c1-17-13-19-14-18(2)23(16-26-21-11-7-4-8-12-21)24(19)22(17)15-25-20-9-5-3-6-10-20/h3-12,17-19,22-23H,13-16H2,1-2H3. The zero-order valence-electron chi connectivity index (χ0n) is 15.8. The van der Waals surface area contributed by atoms with E-state index >= 15 is 0 Å². The monoisotopic (exact) mass is 383 g/mol. The van der Waals surface area contributed by atoms with Gasteiger partial charge in [-0.3, -0.25) is 4.90 Å². The molecule has 0 saturated carbocycles. The third kappa shape index (κ3) is 4.00. The largest absolute Gasteiger partial charge is 0.292 e. The summed E-state index contributed by atoms with van der Waals surface area (Å²) >= 11 is 4.08. The molecule has 1 nitrogen and oxygen atoms in total. The number of fused-ring (bicyclic) bond motifs is 1. The average Bonchev–Trinajstić information content (AvgIpc) is 3.13. The lowest BCUT2D eigenvalue weighted by Gasteiger charge is -2.33. The summed E-state index contributed by atoms with van der Waals surface area (Å²) in [6.07, 6.45) is 2.77. The van der Waals surface area contributed by atoms with Crippen LogP contribution in [0, 0.1) is 11.8 Å². The molecule has 0 radical (unpaired) electrons. The van der Waals surface area contributed by atoms with Crippen molar-refractivity contribution in [3.8, 4) is 0 Å². The highest BCUT2D eigenvalue weighted by molar-refractivity contribution is 7.99. The lowest BCUT2D eigenvalue weighted by atomic mass is 9.94. The fourth-order valence-corrected chi connectivity index (χ4v) is 7.21. The van der Waals surface area contributed by atoms with E-state index in [1.54, 1.807) is 0 Å². The molecule has 138 valence electrons. The zero-order chi connectivity index (χ0) is 17.9. The topological polar surface area (TPSA) is 3.24 Å². The van der Waals surface area contributed by atoms with E-state index in [0.717, 1.165) is 30.0 Å². The summed E-state index contributed by atoms with van der Waals surface area (Å²) in [5.74, 6) is 4.07. The number of benzene rings is 2. The van der Waals surface area contributed by atoms with Gasteiger partial charge in [-0.15, -0.1) is 23.5 Å². The van der Waals surface area contributed by atoms with Gasteiger partial charge >= 0.3 is 0 Å². The first-order valence-electron chi connectivity index (χ1n) is 9.85. The normalized spacial score (nSPS) is 31.2. The quantitative estimate of drug-likeness (QED) is 0.558. The molecule has 2 aromatic carbocycles. The van der Waals surface area contributed by atoms with Crippen LogP contribution in [0.1, 0.15) is 26.7 Å². The maximum Gasteiger partial charge on any atom is 0.0222 e. The van der Waals surface area contributed by atoms with E-state index in [9.17, 15) is 0 Å². The second kappa shape index (κ2) is 8.41.